The highest BCUT2D eigenvalue weighted by molar-refractivity contribution is 7.80. The van der Waals surface area contributed by atoms with E-state index < -0.39 is 59.8 Å². The highest BCUT2D eigenvalue weighted by atomic mass is 32.3. The number of rotatable bonds is 42. The van der Waals surface area contributed by atoms with Crippen molar-refractivity contribution in [3.8, 4) is 0 Å². The van der Waals surface area contributed by atoms with E-state index in [0.717, 1.165) is 70.6 Å². The van der Waals surface area contributed by atoms with Crippen molar-refractivity contribution in [2.24, 2.45) is 0 Å². The van der Waals surface area contributed by atoms with Gasteiger partial charge in [-0.2, -0.15) is 8.42 Å². The number of ether oxygens (including phenoxy) is 4. The maximum Gasteiger partial charge on any atom is 0.397 e. The van der Waals surface area contributed by atoms with E-state index in [2.05, 4.69) is 66.6 Å². The third-order valence-corrected chi connectivity index (χ3v) is 11.4. The van der Waals surface area contributed by atoms with Crippen LogP contribution >= 0.6 is 0 Å². The molecule has 13 heteroatoms. The van der Waals surface area contributed by atoms with Crippen LogP contribution in [0.1, 0.15) is 194 Å². The van der Waals surface area contributed by atoms with E-state index in [4.69, 9.17) is 18.9 Å². The number of unbranched alkanes of at least 4 members (excludes halogenated alkanes) is 21. The van der Waals surface area contributed by atoms with Crippen molar-refractivity contribution < 1.29 is 56.2 Å². The smallest absolute Gasteiger partial charge is 0.397 e. The first-order valence-corrected chi connectivity index (χ1v) is 25.8. The lowest BCUT2D eigenvalue weighted by Gasteiger charge is -2.41. The van der Waals surface area contributed by atoms with Crippen LogP contribution in [0, 0.1) is 0 Å². The van der Waals surface area contributed by atoms with Gasteiger partial charge in [0, 0.05) is 13.0 Å². The minimum atomic E-state index is -5.07. The molecule has 0 bridgehead atoms. The summed E-state index contributed by atoms with van der Waals surface area (Å²) in [6, 6.07) is 0. The summed E-state index contributed by atoms with van der Waals surface area (Å²) < 4.78 is 59.2. The summed E-state index contributed by atoms with van der Waals surface area (Å²) in [5.41, 5.74) is 0. The Balaban J connectivity index is 2.40. The Labute approximate surface area is 376 Å². The fourth-order valence-corrected chi connectivity index (χ4v) is 7.78. The summed E-state index contributed by atoms with van der Waals surface area (Å²) in [7, 11) is -5.07. The van der Waals surface area contributed by atoms with Gasteiger partial charge in [-0.05, 0) is 70.6 Å². The third-order valence-electron chi connectivity index (χ3n) is 10.9. The molecule has 6 atom stereocenters. The number of aliphatic hydroxyl groups excluding tert-OH is 3. The molecule has 362 valence electrons. The zero-order chi connectivity index (χ0) is 45.4. The van der Waals surface area contributed by atoms with Crippen molar-refractivity contribution in [3.63, 3.8) is 0 Å². The summed E-state index contributed by atoms with van der Waals surface area (Å²) in [4.78, 5) is 12.9. The van der Waals surface area contributed by atoms with Gasteiger partial charge in [0.1, 0.15) is 30.5 Å². The molecule has 0 aromatic heterocycles. The average Bonchev–Trinajstić information content (AvgIpc) is 3.24. The Hall–Kier alpha value is -1.94. The molecule has 0 saturated carbocycles. The van der Waals surface area contributed by atoms with E-state index in [1.807, 2.05) is 0 Å². The Morgan fingerprint density at radius 3 is 1.65 bits per heavy atom. The first-order chi connectivity index (χ1) is 30.1. The SMILES string of the molecule is CC/C=C\C/C=C\C/C=C\CCCCCCCCCC(=O)OC(COCCCCCCCCCC/C=C\CCCCCCCC)COC1OC(CO)C(O)C(OS(=O)(=O)O)C1O. The van der Waals surface area contributed by atoms with Gasteiger partial charge in [-0.25, -0.2) is 4.18 Å². The lowest BCUT2D eigenvalue weighted by molar-refractivity contribution is -0.301. The second kappa shape index (κ2) is 40.6. The molecule has 6 unspecified atom stereocenters. The van der Waals surface area contributed by atoms with Crippen LogP contribution in [0.4, 0.5) is 0 Å². The van der Waals surface area contributed by atoms with Gasteiger partial charge in [0.2, 0.25) is 0 Å². The normalized spacial score (nSPS) is 20.4. The van der Waals surface area contributed by atoms with E-state index in [0.29, 0.717) is 13.0 Å². The van der Waals surface area contributed by atoms with Crippen LogP contribution in [0.25, 0.3) is 0 Å². The number of allylic oxidation sites excluding steroid dienone is 8. The maximum absolute atomic E-state index is 12.9. The van der Waals surface area contributed by atoms with E-state index in [1.54, 1.807) is 0 Å². The largest absolute Gasteiger partial charge is 0.457 e. The predicted molar refractivity (Wildman–Crippen MR) is 248 cm³/mol. The van der Waals surface area contributed by atoms with Crippen molar-refractivity contribution in [1.82, 2.24) is 0 Å². The van der Waals surface area contributed by atoms with Crippen molar-refractivity contribution in [2.75, 3.05) is 26.4 Å². The maximum atomic E-state index is 12.9. The second-order valence-electron chi connectivity index (χ2n) is 16.7. The molecule has 0 aromatic rings. The predicted octanol–water partition coefficient (Wildman–Crippen LogP) is 10.7. The van der Waals surface area contributed by atoms with Gasteiger partial charge in [0.05, 0.1) is 19.8 Å². The van der Waals surface area contributed by atoms with Crippen molar-refractivity contribution in [2.45, 2.75) is 230 Å². The van der Waals surface area contributed by atoms with Crippen LogP contribution in [-0.2, 0) is 38.3 Å². The summed E-state index contributed by atoms with van der Waals surface area (Å²) in [6.45, 7) is 3.87. The zero-order valence-corrected chi connectivity index (χ0v) is 39.5. The fraction of sp³-hybridized carbons (Fsp3) is 0.816. The van der Waals surface area contributed by atoms with Gasteiger partial charge in [-0.3, -0.25) is 9.35 Å². The highest BCUT2D eigenvalue weighted by Gasteiger charge is 2.48. The summed E-state index contributed by atoms with van der Waals surface area (Å²) in [5.74, 6) is -0.410. The molecule has 0 aliphatic carbocycles. The van der Waals surface area contributed by atoms with E-state index >= 15 is 0 Å². The lowest BCUT2D eigenvalue weighted by atomic mass is 9.99. The molecule has 1 heterocycles. The molecule has 1 aliphatic heterocycles. The van der Waals surface area contributed by atoms with Gasteiger partial charge in [0.25, 0.3) is 0 Å². The quantitative estimate of drug-likeness (QED) is 0.0198. The summed E-state index contributed by atoms with van der Waals surface area (Å²) in [5, 5.41) is 30.7. The first kappa shape index (κ1) is 58.1. The molecule has 12 nitrogen and oxygen atoms in total. The van der Waals surface area contributed by atoms with Gasteiger partial charge in [0.15, 0.2) is 6.29 Å². The molecule has 1 aliphatic rings. The standard InChI is InChI=1S/C49H88O12S/c1-3-5-7-9-11-13-15-17-19-21-23-25-27-29-31-33-35-37-39-57-41-43(42-58-49-47(53)48(61-62(54,55)56)46(52)44(40-50)60-49)59-45(51)38-36-34-32-30-28-26-24-22-20-18-16-14-12-10-8-6-4-2/h6,8,12,14,17-20,43-44,46-50,52-53H,3-5,7,9-11,13,15-16,21-42H2,1-2H3,(H,54,55,56)/b8-6-,14-12-,19-17-,20-18-. The minimum Gasteiger partial charge on any atom is -0.457 e. The molecular formula is C49H88O12S. The summed E-state index contributed by atoms with van der Waals surface area (Å²) >= 11 is 0. The zero-order valence-electron chi connectivity index (χ0n) is 38.7. The number of carbonyl (C=O) groups excluding carboxylic acids is 1. The van der Waals surface area contributed by atoms with Gasteiger partial charge in [-0.15, -0.1) is 0 Å². The van der Waals surface area contributed by atoms with E-state index in [1.165, 1.54) is 96.3 Å². The molecule has 4 N–H and O–H groups in total. The number of aliphatic hydroxyl groups is 3. The molecule has 0 amide bonds. The molecule has 0 aromatic carbocycles. The number of hydrogen-bond donors (Lipinski definition) is 4. The number of esters is 1. The van der Waals surface area contributed by atoms with Crippen molar-refractivity contribution in [3.05, 3.63) is 48.6 Å². The van der Waals surface area contributed by atoms with Gasteiger partial charge >= 0.3 is 16.4 Å². The molecule has 1 saturated heterocycles. The van der Waals surface area contributed by atoms with Gasteiger partial charge < -0.3 is 34.3 Å². The van der Waals surface area contributed by atoms with Crippen molar-refractivity contribution >= 4 is 16.4 Å². The van der Waals surface area contributed by atoms with Gasteiger partial charge in [-0.1, -0.05) is 165 Å². The van der Waals surface area contributed by atoms with E-state index in [-0.39, 0.29) is 19.6 Å². The fourth-order valence-electron chi connectivity index (χ4n) is 7.27. The molecule has 62 heavy (non-hydrogen) atoms. The Morgan fingerprint density at radius 1 is 0.629 bits per heavy atom. The third kappa shape index (κ3) is 33.6. The van der Waals surface area contributed by atoms with Crippen LogP contribution in [0.15, 0.2) is 48.6 Å². The Kier molecular flexibility index (Phi) is 38.0. The Morgan fingerprint density at radius 2 is 1.11 bits per heavy atom. The minimum absolute atomic E-state index is 0.0293. The van der Waals surface area contributed by atoms with E-state index in [9.17, 15) is 33.1 Å². The first-order valence-electron chi connectivity index (χ1n) is 24.4. The number of carbonyl (C=O) groups is 1. The monoisotopic (exact) mass is 901 g/mol. The van der Waals surface area contributed by atoms with Crippen molar-refractivity contribution in [1.29, 1.82) is 0 Å². The topological polar surface area (TPSA) is 178 Å². The highest BCUT2D eigenvalue weighted by Crippen LogP contribution is 2.26. The number of hydrogen-bond acceptors (Lipinski definition) is 11. The van der Waals surface area contributed by atoms with Crippen LogP contribution in [0.3, 0.4) is 0 Å². The van der Waals surface area contributed by atoms with Crippen LogP contribution in [0.2, 0.25) is 0 Å². The van der Waals surface area contributed by atoms with Crippen LogP contribution in [-0.4, -0.2) is 97.5 Å². The molecular weight excluding hydrogens is 813 g/mol. The average molecular weight is 901 g/mol. The van der Waals surface area contributed by atoms with Crippen LogP contribution < -0.4 is 0 Å². The summed E-state index contributed by atoms with van der Waals surface area (Å²) in [6.07, 6.45) is 39.9. The molecule has 1 rings (SSSR count). The molecule has 1 fully saturated rings. The molecule has 0 spiro atoms. The molecule has 0 radical (unpaired) electrons. The van der Waals surface area contributed by atoms with Crippen LogP contribution in [0.5, 0.6) is 0 Å². The Bertz CT molecular complexity index is 1270. The second-order valence-corrected chi connectivity index (χ2v) is 17.7. The lowest BCUT2D eigenvalue weighted by Crippen LogP contribution is -2.60.